The van der Waals surface area contributed by atoms with Crippen molar-refractivity contribution in [1.82, 2.24) is 9.55 Å². The van der Waals surface area contributed by atoms with Crippen LogP contribution in [0.1, 0.15) is 12.7 Å². The molecule has 0 radical (unpaired) electrons. The van der Waals surface area contributed by atoms with Gasteiger partial charge >= 0.3 is 5.97 Å². The third-order valence-corrected chi connectivity index (χ3v) is 3.18. The van der Waals surface area contributed by atoms with E-state index in [0.717, 1.165) is 5.52 Å². The van der Waals surface area contributed by atoms with Crippen molar-refractivity contribution in [2.45, 2.75) is 26.2 Å². The summed E-state index contributed by atoms with van der Waals surface area (Å²) in [6.07, 6.45) is -0.303. The molecule has 2 aromatic rings. The Morgan fingerprint density at radius 1 is 1.36 bits per heavy atom. The number of rotatable bonds is 7. The van der Waals surface area contributed by atoms with E-state index in [0.29, 0.717) is 23.6 Å². The van der Waals surface area contributed by atoms with Crippen LogP contribution in [0, 0.1) is 0 Å². The zero-order valence-corrected chi connectivity index (χ0v) is 13.0. The topological polar surface area (TPSA) is 88.6 Å². The predicted octanol–water partition coefficient (Wildman–Crippen LogP) is 1.34. The average molecular weight is 307 g/mol. The number of anilines is 1. The normalized spacial score (nSPS) is 12.5. The number of nitrogens with zero attached hydrogens (tertiary/aromatic N) is 2. The maximum Gasteiger partial charge on any atom is 0.326 e. The molecule has 0 aliphatic rings. The summed E-state index contributed by atoms with van der Waals surface area (Å²) in [5.74, 6) is 0.273. The number of methoxy groups -OCH3 is 2. The Labute approximate surface area is 129 Å². The Hall–Kier alpha value is -2.12. The van der Waals surface area contributed by atoms with E-state index in [2.05, 4.69) is 4.98 Å². The van der Waals surface area contributed by atoms with E-state index in [-0.39, 0.29) is 25.2 Å². The molecule has 1 atom stereocenters. The number of carbonyl (C=O) groups excluding carboxylic acids is 1. The second kappa shape index (κ2) is 7.24. The molecule has 1 aromatic carbocycles. The van der Waals surface area contributed by atoms with Crippen LogP contribution in [0.3, 0.4) is 0 Å². The van der Waals surface area contributed by atoms with Gasteiger partial charge in [0.25, 0.3) is 0 Å². The van der Waals surface area contributed by atoms with Crippen molar-refractivity contribution >= 4 is 22.7 Å². The fourth-order valence-corrected chi connectivity index (χ4v) is 2.29. The first-order valence-electron chi connectivity index (χ1n) is 6.97. The molecule has 0 saturated carbocycles. The van der Waals surface area contributed by atoms with Crippen LogP contribution in [-0.2, 0) is 32.2 Å². The summed E-state index contributed by atoms with van der Waals surface area (Å²) in [6.45, 7) is 2.47. The third kappa shape index (κ3) is 3.55. The van der Waals surface area contributed by atoms with Crippen LogP contribution in [0.5, 0.6) is 0 Å². The van der Waals surface area contributed by atoms with Crippen LogP contribution in [0.25, 0.3) is 11.0 Å². The molecule has 22 heavy (non-hydrogen) atoms. The summed E-state index contributed by atoms with van der Waals surface area (Å²) in [4.78, 5) is 16.5. The number of benzene rings is 1. The maximum absolute atomic E-state index is 12.1. The Balaban J connectivity index is 2.27. The van der Waals surface area contributed by atoms with Gasteiger partial charge in [0.1, 0.15) is 30.6 Å². The van der Waals surface area contributed by atoms with Crippen LogP contribution in [0.4, 0.5) is 5.69 Å². The van der Waals surface area contributed by atoms with Crippen molar-refractivity contribution < 1.29 is 19.0 Å². The first kappa shape index (κ1) is 16.3. The second-order valence-corrected chi connectivity index (χ2v) is 5.02. The van der Waals surface area contributed by atoms with Crippen molar-refractivity contribution in [1.29, 1.82) is 0 Å². The predicted molar refractivity (Wildman–Crippen MR) is 82.3 cm³/mol. The number of ether oxygens (including phenoxy) is 3. The van der Waals surface area contributed by atoms with E-state index in [4.69, 9.17) is 19.9 Å². The molecular weight excluding hydrogens is 286 g/mol. The summed E-state index contributed by atoms with van der Waals surface area (Å²) >= 11 is 0. The monoisotopic (exact) mass is 307 g/mol. The van der Waals surface area contributed by atoms with Crippen molar-refractivity contribution in [3.8, 4) is 0 Å². The lowest BCUT2D eigenvalue weighted by Gasteiger charge is -2.13. The number of carbonyl (C=O) groups is 1. The van der Waals surface area contributed by atoms with Crippen molar-refractivity contribution in [2.24, 2.45) is 0 Å². The van der Waals surface area contributed by atoms with Crippen LogP contribution in [-0.4, -0.2) is 42.5 Å². The third-order valence-electron chi connectivity index (χ3n) is 3.18. The molecule has 0 fully saturated rings. The minimum Gasteiger partial charge on any atom is -0.459 e. The highest BCUT2D eigenvalue weighted by atomic mass is 16.6. The highest BCUT2D eigenvalue weighted by Crippen LogP contribution is 2.22. The smallest absolute Gasteiger partial charge is 0.326 e. The van der Waals surface area contributed by atoms with Gasteiger partial charge in [-0.25, -0.2) is 4.98 Å². The summed E-state index contributed by atoms with van der Waals surface area (Å²) in [7, 11) is 3.14. The SMILES string of the molecule is COCc1nc2c(N)cccc2n1CC(=O)OC(C)COC. The van der Waals surface area contributed by atoms with Gasteiger partial charge in [0.15, 0.2) is 0 Å². The molecule has 0 spiro atoms. The van der Waals surface area contributed by atoms with Gasteiger partial charge in [0.2, 0.25) is 0 Å². The van der Waals surface area contributed by atoms with Crippen LogP contribution < -0.4 is 5.73 Å². The number of nitrogens with two attached hydrogens (primary N) is 1. The van der Waals surface area contributed by atoms with Gasteiger partial charge in [-0.3, -0.25) is 4.79 Å². The van der Waals surface area contributed by atoms with E-state index < -0.39 is 0 Å². The van der Waals surface area contributed by atoms with Gasteiger partial charge in [-0.1, -0.05) is 6.07 Å². The molecule has 1 aromatic heterocycles. The molecule has 2 rings (SSSR count). The first-order valence-corrected chi connectivity index (χ1v) is 6.97. The standard InChI is InChI=1S/C15H21N3O4/c1-10(8-20-2)22-14(19)7-18-12-6-4-5-11(16)15(12)17-13(18)9-21-3/h4-6,10H,7-9,16H2,1-3H3. The second-order valence-electron chi connectivity index (χ2n) is 5.02. The Morgan fingerprint density at radius 2 is 2.14 bits per heavy atom. The number of hydrogen-bond acceptors (Lipinski definition) is 6. The van der Waals surface area contributed by atoms with Crippen LogP contribution >= 0.6 is 0 Å². The zero-order chi connectivity index (χ0) is 16.1. The highest BCUT2D eigenvalue weighted by Gasteiger charge is 2.17. The fourth-order valence-electron chi connectivity index (χ4n) is 2.29. The van der Waals surface area contributed by atoms with Gasteiger partial charge in [0, 0.05) is 14.2 Å². The number of fused-ring (bicyclic) bond motifs is 1. The molecule has 0 aliphatic heterocycles. The molecule has 7 nitrogen and oxygen atoms in total. The number of aromatic nitrogens is 2. The molecule has 1 unspecified atom stereocenters. The van der Waals surface area contributed by atoms with Crippen LogP contribution in [0.2, 0.25) is 0 Å². The lowest BCUT2D eigenvalue weighted by Crippen LogP contribution is -2.23. The molecule has 0 aliphatic carbocycles. The van der Waals surface area contributed by atoms with Gasteiger partial charge in [-0.2, -0.15) is 0 Å². The number of esters is 1. The van der Waals surface area contributed by atoms with E-state index in [1.54, 1.807) is 31.8 Å². The molecule has 2 N–H and O–H groups in total. The quantitative estimate of drug-likeness (QED) is 0.613. The zero-order valence-electron chi connectivity index (χ0n) is 13.0. The van der Waals surface area contributed by atoms with Crippen molar-refractivity contribution in [3.63, 3.8) is 0 Å². The Bertz CT molecular complexity index is 654. The lowest BCUT2D eigenvalue weighted by atomic mass is 10.3. The number of para-hydroxylation sites is 1. The average Bonchev–Trinajstić information content (AvgIpc) is 2.79. The lowest BCUT2D eigenvalue weighted by molar-refractivity contribution is -0.151. The van der Waals surface area contributed by atoms with Crippen LogP contribution in [0.15, 0.2) is 18.2 Å². The van der Waals surface area contributed by atoms with Gasteiger partial charge in [-0.15, -0.1) is 0 Å². The first-order chi connectivity index (χ1) is 10.6. The summed E-state index contributed by atoms with van der Waals surface area (Å²) in [5, 5.41) is 0. The van der Waals surface area contributed by atoms with Gasteiger partial charge < -0.3 is 24.5 Å². The minimum atomic E-state index is -0.358. The molecule has 0 saturated heterocycles. The summed E-state index contributed by atoms with van der Waals surface area (Å²) in [6, 6.07) is 5.46. The largest absolute Gasteiger partial charge is 0.459 e. The van der Waals surface area contributed by atoms with E-state index >= 15 is 0 Å². The van der Waals surface area contributed by atoms with Gasteiger partial charge in [-0.05, 0) is 19.1 Å². The van der Waals surface area contributed by atoms with Crippen molar-refractivity contribution in [2.75, 3.05) is 26.6 Å². The molecular formula is C15H21N3O4. The number of nitrogen functional groups attached to an aromatic ring is 1. The number of imidazole rings is 1. The minimum absolute atomic E-state index is 0.0483. The number of hydrogen-bond donors (Lipinski definition) is 1. The van der Waals surface area contributed by atoms with E-state index in [1.165, 1.54) is 0 Å². The highest BCUT2D eigenvalue weighted by molar-refractivity contribution is 5.88. The Kier molecular flexibility index (Phi) is 5.35. The molecule has 0 bridgehead atoms. The summed E-state index contributed by atoms with van der Waals surface area (Å²) < 4.78 is 17.2. The Morgan fingerprint density at radius 3 is 2.82 bits per heavy atom. The molecule has 0 amide bonds. The van der Waals surface area contributed by atoms with E-state index in [1.807, 2.05) is 12.1 Å². The van der Waals surface area contributed by atoms with E-state index in [9.17, 15) is 4.79 Å². The molecule has 1 heterocycles. The summed E-state index contributed by atoms with van der Waals surface area (Å²) in [5.41, 5.74) is 7.94. The molecule has 120 valence electrons. The van der Waals surface area contributed by atoms with Gasteiger partial charge in [0.05, 0.1) is 17.8 Å². The molecule has 7 heteroatoms. The van der Waals surface area contributed by atoms with Crippen molar-refractivity contribution in [3.05, 3.63) is 24.0 Å². The maximum atomic E-state index is 12.1. The fraction of sp³-hybridized carbons (Fsp3) is 0.467.